The first-order chi connectivity index (χ1) is 15.8. The highest BCUT2D eigenvalue weighted by Gasteiger charge is 2.43. The van der Waals surface area contributed by atoms with E-state index in [4.69, 9.17) is 4.98 Å². The zero-order chi connectivity index (χ0) is 23.0. The number of nitrogens with zero attached hydrogens (tertiary/aromatic N) is 3. The highest BCUT2D eigenvalue weighted by Crippen LogP contribution is 2.45. The summed E-state index contributed by atoms with van der Waals surface area (Å²) < 4.78 is 0. The molecule has 2 aromatic heterocycles. The fourth-order valence-corrected chi connectivity index (χ4v) is 6.77. The number of pyridine rings is 1. The number of aromatic amines is 1. The Balaban J connectivity index is 1.31. The number of hydrogen-bond donors (Lipinski definition) is 1. The molecule has 33 heavy (non-hydrogen) atoms. The molecule has 0 radical (unpaired) electrons. The molecule has 0 spiro atoms. The van der Waals surface area contributed by atoms with Gasteiger partial charge in [0.2, 0.25) is 0 Å². The Kier molecular flexibility index (Phi) is 4.68. The van der Waals surface area contributed by atoms with Crippen molar-refractivity contribution in [1.82, 2.24) is 14.9 Å². The maximum absolute atomic E-state index is 13.6. The van der Waals surface area contributed by atoms with Crippen LogP contribution in [0.1, 0.15) is 98.2 Å². The molecule has 3 aliphatic carbocycles. The zero-order valence-corrected chi connectivity index (χ0v) is 20.6. The first-order valence-corrected chi connectivity index (χ1v) is 12.8. The molecule has 1 saturated heterocycles. The van der Waals surface area contributed by atoms with Crippen molar-refractivity contribution < 1.29 is 4.79 Å². The van der Waals surface area contributed by atoms with E-state index in [1.807, 2.05) is 6.20 Å². The number of H-pyrrole nitrogens is 1. The second-order valence-corrected chi connectivity index (χ2v) is 11.2. The normalized spacial score (nSPS) is 23.3. The van der Waals surface area contributed by atoms with Gasteiger partial charge in [-0.05, 0) is 68.7 Å². The van der Waals surface area contributed by atoms with Crippen LogP contribution < -0.4 is 4.90 Å². The van der Waals surface area contributed by atoms with Gasteiger partial charge >= 0.3 is 0 Å². The van der Waals surface area contributed by atoms with Crippen LogP contribution in [0.5, 0.6) is 0 Å². The van der Waals surface area contributed by atoms with E-state index in [-0.39, 0.29) is 11.2 Å². The van der Waals surface area contributed by atoms with Crippen LogP contribution in [0.3, 0.4) is 0 Å². The molecule has 0 aromatic carbocycles. The number of carbonyl (C=O) groups is 1. The number of fused-ring (bicyclic) bond motifs is 4. The van der Waals surface area contributed by atoms with Crippen LogP contribution in [0.25, 0.3) is 6.08 Å². The van der Waals surface area contributed by atoms with Crippen LogP contribution in [0.4, 0.5) is 5.82 Å². The lowest BCUT2D eigenvalue weighted by Crippen LogP contribution is -2.60. The lowest BCUT2D eigenvalue weighted by atomic mass is 9.71. The van der Waals surface area contributed by atoms with Gasteiger partial charge in [0, 0.05) is 65.8 Å². The third kappa shape index (κ3) is 3.01. The summed E-state index contributed by atoms with van der Waals surface area (Å²) in [5.41, 5.74) is 7.77. The van der Waals surface area contributed by atoms with Gasteiger partial charge in [-0.15, -0.1) is 0 Å². The lowest BCUT2D eigenvalue weighted by molar-refractivity contribution is 0.00826. The lowest BCUT2D eigenvalue weighted by Gasteiger charge is -2.53. The van der Waals surface area contributed by atoms with Crippen molar-refractivity contribution in [1.29, 1.82) is 0 Å². The largest absolute Gasteiger partial charge is 0.357 e. The standard InChI is InChI=1S/C28H36N4O/c1-5-28(9-6-10-28)32-13-11-31(12-14-32)23-16-21-20(17-29-23)25(33)24-19-8-7-18(2)15-22(19)30-26(24)27(21,3)4/h15-17,30H,5-14H2,1-4H3. The van der Waals surface area contributed by atoms with Crippen molar-refractivity contribution in [3.63, 3.8) is 0 Å². The van der Waals surface area contributed by atoms with Crippen LogP contribution in [0, 0.1) is 0 Å². The predicted molar refractivity (Wildman–Crippen MR) is 133 cm³/mol. The number of allylic oxidation sites excluding steroid dienone is 1. The van der Waals surface area contributed by atoms with Crippen LogP contribution in [-0.4, -0.2) is 52.4 Å². The van der Waals surface area contributed by atoms with Crippen LogP contribution in [-0.2, 0) is 11.8 Å². The van der Waals surface area contributed by atoms with E-state index < -0.39 is 0 Å². The van der Waals surface area contributed by atoms with E-state index in [1.54, 1.807) is 0 Å². The number of piperazine rings is 1. The first kappa shape index (κ1) is 21.2. The Morgan fingerprint density at radius 2 is 1.88 bits per heavy atom. The zero-order valence-electron chi connectivity index (χ0n) is 20.6. The SMILES string of the molecule is CCC1(N2CCN(c3cc4c(cn3)C(=O)c3c([nH]c5c3CCC(C)=C5)C4(C)C)CC2)CCC1. The molecule has 0 unspecified atom stereocenters. The Labute approximate surface area is 197 Å². The van der Waals surface area contributed by atoms with Crippen molar-refractivity contribution in [3.05, 3.63) is 51.5 Å². The fourth-order valence-electron chi connectivity index (χ4n) is 6.77. The molecule has 0 atom stereocenters. The van der Waals surface area contributed by atoms with Crippen LogP contribution in [0.2, 0.25) is 0 Å². The predicted octanol–water partition coefficient (Wildman–Crippen LogP) is 5.08. The van der Waals surface area contributed by atoms with Gasteiger partial charge in [0.1, 0.15) is 5.82 Å². The smallest absolute Gasteiger partial charge is 0.197 e. The summed E-state index contributed by atoms with van der Waals surface area (Å²) in [5.74, 6) is 1.16. The number of hydrogen-bond acceptors (Lipinski definition) is 4. The van der Waals surface area contributed by atoms with Gasteiger partial charge in [-0.25, -0.2) is 4.98 Å². The minimum atomic E-state index is -0.255. The average molecular weight is 445 g/mol. The van der Waals surface area contributed by atoms with E-state index in [0.717, 1.165) is 72.9 Å². The maximum atomic E-state index is 13.6. The van der Waals surface area contributed by atoms with Crippen molar-refractivity contribution in [2.45, 2.75) is 77.2 Å². The second kappa shape index (κ2) is 7.30. The minimum absolute atomic E-state index is 0.142. The van der Waals surface area contributed by atoms with E-state index in [1.165, 1.54) is 36.8 Å². The second-order valence-electron chi connectivity index (χ2n) is 11.2. The quantitative estimate of drug-likeness (QED) is 0.717. The number of carbonyl (C=O) groups excluding carboxylic acids is 1. The Hall–Kier alpha value is -2.40. The number of anilines is 1. The van der Waals surface area contributed by atoms with Gasteiger partial charge in [0.05, 0.1) is 0 Å². The molecular weight excluding hydrogens is 408 g/mol. The fraction of sp³-hybridized carbons (Fsp3) is 0.571. The molecule has 4 aliphatic rings. The van der Waals surface area contributed by atoms with Crippen LogP contribution >= 0.6 is 0 Å². The van der Waals surface area contributed by atoms with Crippen LogP contribution in [0.15, 0.2) is 17.8 Å². The molecule has 3 heterocycles. The highest BCUT2D eigenvalue weighted by atomic mass is 16.1. The molecule has 0 amide bonds. The monoisotopic (exact) mass is 444 g/mol. The van der Waals surface area contributed by atoms with Gasteiger partial charge in [-0.3, -0.25) is 9.69 Å². The molecule has 174 valence electrons. The number of ketones is 1. The number of nitrogens with one attached hydrogen (secondary N) is 1. The van der Waals surface area contributed by atoms with Crippen molar-refractivity contribution in [3.8, 4) is 0 Å². The van der Waals surface area contributed by atoms with E-state index >= 15 is 0 Å². The summed E-state index contributed by atoms with van der Waals surface area (Å²) in [4.78, 5) is 27.2. The molecule has 0 bridgehead atoms. The highest BCUT2D eigenvalue weighted by molar-refractivity contribution is 6.14. The number of aromatic nitrogens is 2. The maximum Gasteiger partial charge on any atom is 0.197 e. The molecule has 5 nitrogen and oxygen atoms in total. The van der Waals surface area contributed by atoms with Gasteiger partial charge in [-0.1, -0.05) is 26.3 Å². The molecule has 1 aliphatic heterocycles. The molecular formula is C28H36N4O. The Morgan fingerprint density at radius 1 is 1.12 bits per heavy atom. The summed E-state index contributed by atoms with van der Waals surface area (Å²) in [7, 11) is 0. The van der Waals surface area contributed by atoms with Gasteiger partial charge in [0.15, 0.2) is 5.78 Å². The number of rotatable bonds is 3. The molecule has 1 N–H and O–H groups in total. The summed E-state index contributed by atoms with van der Waals surface area (Å²) in [6, 6.07) is 2.20. The van der Waals surface area contributed by atoms with Crippen molar-refractivity contribution in [2.75, 3.05) is 31.1 Å². The Morgan fingerprint density at radius 3 is 2.55 bits per heavy atom. The third-order valence-electron chi connectivity index (χ3n) is 9.17. The van der Waals surface area contributed by atoms with Gasteiger partial charge < -0.3 is 9.88 Å². The van der Waals surface area contributed by atoms with E-state index in [0.29, 0.717) is 5.54 Å². The first-order valence-electron chi connectivity index (χ1n) is 12.8. The topological polar surface area (TPSA) is 52.2 Å². The Bertz CT molecular complexity index is 1150. The minimum Gasteiger partial charge on any atom is -0.357 e. The van der Waals surface area contributed by atoms with Crippen molar-refractivity contribution >= 4 is 17.7 Å². The molecule has 6 rings (SSSR count). The van der Waals surface area contributed by atoms with Gasteiger partial charge in [-0.2, -0.15) is 0 Å². The molecule has 2 aromatic rings. The van der Waals surface area contributed by atoms with Crippen molar-refractivity contribution in [2.24, 2.45) is 0 Å². The van der Waals surface area contributed by atoms with E-state index in [2.05, 4.69) is 54.6 Å². The van der Waals surface area contributed by atoms with Gasteiger partial charge in [0.25, 0.3) is 0 Å². The summed E-state index contributed by atoms with van der Waals surface area (Å²) >= 11 is 0. The summed E-state index contributed by atoms with van der Waals surface area (Å²) in [6.45, 7) is 13.2. The summed E-state index contributed by atoms with van der Waals surface area (Å²) in [6.07, 6.45) is 11.4. The average Bonchev–Trinajstić information content (AvgIpc) is 3.17. The molecule has 2 fully saturated rings. The molecule has 5 heteroatoms. The third-order valence-corrected chi connectivity index (χ3v) is 9.17. The van der Waals surface area contributed by atoms with E-state index in [9.17, 15) is 4.79 Å². The summed E-state index contributed by atoms with van der Waals surface area (Å²) in [5, 5.41) is 0. The molecule has 1 saturated carbocycles.